The third-order valence-corrected chi connectivity index (χ3v) is 2.91. The van der Waals surface area contributed by atoms with Gasteiger partial charge in [0.2, 0.25) is 0 Å². The third kappa shape index (κ3) is 4.18. The quantitative estimate of drug-likeness (QED) is 0.912. The first-order valence-electron chi connectivity index (χ1n) is 5.02. The number of nitrogens with one attached hydrogen (secondary N) is 1. The van der Waals surface area contributed by atoms with Gasteiger partial charge < -0.3 is 10.2 Å². The Balaban J connectivity index is 2.60. The van der Waals surface area contributed by atoms with E-state index in [-0.39, 0.29) is 0 Å². The zero-order valence-corrected chi connectivity index (χ0v) is 11.3. The fourth-order valence-corrected chi connectivity index (χ4v) is 1.68. The largest absolute Gasteiger partial charge is 0.366 e. The standard InChI is InChI=1S/C11H18BrN3/c1-8-5-11(13-6-10(8)12)14-9(2)7-15(3)4/h5-6,9H,7H2,1-4H3,(H,13,14). The molecule has 0 saturated heterocycles. The van der Waals surface area contributed by atoms with Crippen molar-refractivity contribution in [2.24, 2.45) is 0 Å². The van der Waals surface area contributed by atoms with Crippen molar-refractivity contribution >= 4 is 21.7 Å². The summed E-state index contributed by atoms with van der Waals surface area (Å²) >= 11 is 3.44. The SMILES string of the molecule is Cc1cc(NC(C)CN(C)C)ncc1Br. The first-order chi connectivity index (χ1) is 6.99. The molecule has 0 radical (unpaired) electrons. The van der Waals surface area contributed by atoms with Crippen LogP contribution in [0.1, 0.15) is 12.5 Å². The second-order valence-corrected chi connectivity index (χ2v) is 4.98. The molecule has 1 aromatic rings. The first-order valence-corrected chi connectivity index (χ1v) is 5.81. The Morgan fingerprint density at radius 2 is 2.20 bits per heavy atom. The van der Waals surface area contributed by atoms with E-state index in [1.54, 1.807) is 0 Å². The molecule has 1 rings (SSSR count). The number of anilines is 1. The zero-order chi connectivity index (χ0) is 11.4. The maximum Gasteiger partial charge on any atom is 0.126 e. The second-order valence-electron chi connectivity index (χ2n) is 4.13. The van der Waals surface area contributed by atoms with E-state index < -0.39 is 0 Å². The summed E-state index contributed by atoms with van der Waals surface area (Å²) in [7, 11) is 4.14. The van der Waals surface area contributed by atoms with Crippen molar-refractivity contribution in [2.45, 2.75) is 19.9 Å². The van der Waals surface area contributed by atoms with Gasteiger partial charge in [0.25, 0.3) is 0 Å². The van der Waals surface area contributed by atoms with E-state index in [0.29, 0.717) is 6.04 Å². The molecule has 4 heteroatoms. The minimum absolute atomic E-state index is 0.396. The molecule has 0 saturated carbocycles. The van der Waals surface area contributed by atoms with Crippen molar-refractivity contribution < 1.29 is 0 Å². The molecule has 3 nitrogen and oxygen atoms in total. The monoisotopic (exact) mass is 271 g/mol. The highest BCUT2D eigenvalue weighted by Crippen LogP contribution is 2.17. The minimum atomic E-state index is 0.396. The van der Waals surface area contributed by atoms with E-state index in [4.69, 9.17) is 0 Å². The van der Waals surface area contributed by atoms with Crippen molar-refractivity contribution in [2.75, 3.05) is 26.0 Å². The summed E-state index contributed by atoms with van der Waals surface area (Å²) in [4.78, 5) is 6.47. The van der Waals surface area contributed by atoms with Gasteiger partial charge in [0, 0.05) is 23.3 Å². The number of halogens is 1. The highest BCUT2D eigenvalue weighted by molar-refractivity contribution is 9.10. The van der Waals surface area contributed by atoms with Crippen LogP contribution in [0, 0.1) is 6.92 Å². The lowest BCUT2D eigenvalue weighted by molar-refractivity contribution is 0.392. The average Bonchev–Trinajstić information content (AvgIpc) is 2.10. The number of nitrogens with zero attached hydrogens (tertiary/aromatic N) is 2. The van der Waals surface area contributed by atoms with Crippen LogP contribution in [0.5, 0.6) is 0 Å². The predicted octanol–water partition coefficient (Wildman–Crippen LogP) is 2.51. The molecule has 0 aliphatic carbocycles. The van der Waals surface area contributed by atoms with Gasteiger partial charge in [0.15, 0.2) is 0 Å². The van der Waals surface area contributed by atoms with Crippen molar-refractivity contribution in [3.8, 4) is 0 Å². The van der Waals surface area contributed by atoms with Gasteiger partial charge in [-0.05, 0) is 55.5 Å². The number of likely N-dealkylation sites (N-methyl/N-ethyl adjacent to an activating group) is 1. The Hall–Kier alpha value is -0.610. The van der Waals surface area contributed by atoms with Crippen molar-refractivity contribution in [3.63, 3.8) is 0 Å². The molecule has 1 heterocycles. The van der Waals surface area contributed by atoms with Crippen molar-refractivity contribution in [1.82, 2.24) is 9.88 Å². The van der Waals surface area contributed by atoms with Crippen LogP contribution in [0.2, 0.25) is 0 Å². The van der Waals surface area contributed by atoms with Crippen LogP contribution in [0.3, 0.4) is 0 Å². The minimum Gasteiger partial charge on any atom is -0.366 e. The smallest absolute Gasteiger partial charge is 0.126 e. The number of rotatable bonds is 4. The molecular weight excluding hydrogens is 254 g/mol. The molecule has 0 aliphatic heterocycles. The number of pyridine rings is 1. The first kappa shape index (κ1) is 12.5. The Bertz CT molecular complexity index is 326. The van der Waals surface area contributed by atoms with Gasteiger partial charge in [0.05, 0.1) is 0 Å². The van der Waals surface area contributed by atoms with Crippen LogP contribution >= 0.6 is 15.9 Å². The van der Waals surface area contributed by atoms with E-state index in [9.17, 15) is 0 Å². The summed E-state index contributed by atoms with van der Waals surface area (Å²) in [5, 5.41) is 3.37. The van der Waals surface area contributed by atoms with Gasteiger partial charge in [-0.15, -0.1) is 0 Å². The Morgan fingerprint density at radius 3 is 2.73 bits per heavy atom. The molecule has 1 unspecified atom stereocenters. The van der Waals surface area contributed by atoms with Crippen LogP contribution in [0.25, 0.3) is 0 Å². The number of aromatic nitrogens is 1. The Labute approximate surface area is 100 Å². The van der Waals surface area contributed by atoms with Crippen LogP contribution in [-0.2, 0) is 0 Å². The van der Waals surface area contributed by atoms with Gasteiger partial charge in [-0.2, -0.15) is 0 Å². The maximum absolute atomic E-state index is 4.31. The molecule has 0 spiro atoms. The fourth-order valence-electron chi connectivity index (χ4n) is 1.46. The molecule has 0 bridgehead atoms. The maximum atomic E-state index is 4.31. The Kier molecular flexibility index (Phi) is 4.54. The lowest BCUT2D eigenvalue weighted by Crippen LogP contribution is -2.29. The normalized spacial score (nSPS) is 12.9. The lowest BCUT2D eigenvalue weighted by Gasteiger charge is -2.19. The van der Waals surface area contributed by atoms with E-state index in [0.717, 1.165) is 16.8 Å². The zero-order valence-electron chi connectivity index (χ0n) is 9.71. The molecule has 0 amide bonds. The van der Waals surface area contributed by atoms with Crippen molar-refractivity contribution in [3.05, 3.63) is 22.3 Å². The second kappa shape index (κ2) is 5.47. The van der Waals surface area contributed by atoms with Crippen molar-refractivity contribution in [1.29, 1.82) is 0 Å². The van der Waals surface area contributed by atoms with Gasteiger partial charge >= 0.3 is 0 Å². The molecule has 1 N–H and O–H groups in total. The summed E-state index contributed by atoms with van der Waals surface area (Å²) < 4.78 is 1.05. The molecule has 1 aromatic heterocycles. The number of aryl methyl sites for hydroxylation is 1. The molecule has 1 atom stereocenters. The van der Waals surface area contributed by atoms with Crippen LogP contribution in [0.15, 0.2) is 16.7 Å². The van der Waals surface area contributed by atoms with Gasteiger partial charge in [-0.3, -0.25) is 0 Å². The van der Waals surface area contributed by atoms with Gasteiger partial charge in [-0.25, -0.2) is 4.98 Å². The summed E-state index contributed by atoms with van der Waals surface area (Å²) in [5.41, 5.74) is 1.20. The van der Waals surface area contributed by atoms with Gasteiger partial charge in [-0.1, -0.05) is 0 Å². The fraction of sp³-hybridized carbons (Fsp3) is 0.545. The summed E-state index contributed by atoms with van der Waals surface area (Å²) in [6.07, 6.45) is 1.83. The van der Waals surface area contributed by atoms with Crippen LogP contribution in [0.4, 0.5) is 5.82 Å². The van der Waals surface area contributed by atoms with E-state index >= 15 is 0 Å². The molecule has 15 heavy (non-hydrogen) atoms. The highest BCUT2D eigenvalue weighted by Gasteiger charge is 2.05. The molecule has 84 valence electrons. The third-order valence-electron chi connectivity index (χ3n) is 2.08. The lowest BCUT2D eigenvalue weighted by atomic mass is 10.2. The van der Waals surface area contributed by atoms with E-state index in [1.807, 2.05) is 6.20 Å². The van der Waals surface area contributed by atoms with Crippen LogP contribution in [-0.4, -0.2) is 36.6 Å². The molecule has 0 aromatic carbocycles. The highest BCUT2D eigenvalue weighted by atomic mass is 79.9. The molecule has 0 aliphatic rings. The summed E-state index contributed by atoms with van der Waals surface area (Å²) in [5.74, 6) is 0.935. The predicted molar refractivity (Wildman–Crippen MR) is 68.3 cm³/mol. The van der Waals surface area contributed by atoms with E-state index in [1.165, 1.54) is 5.56 Å². The summed E-state index contributed by atoms with van der Waals surface area (Å²) in [6.45, 7) is 5.21. The Morgan fingerprint density at radius 1 is 1.53 bits per heavy atom. The van der Waals surface area contributed by atoms with E-state index in [2.05, 4.69) is 65.1 Å². The van der Waals surface area contributed by atoms with Crippen LogP contribution < -0.4 is 5.32 Å². The number of hydrogen-bond donors (Lipinski definition) is 1. The topological polar surface area (TPSA) is 28.2 Å². The molecular formula is C11H18BrN3. The van der Waals surface area contributed by atoms with Gasteiger partial charge in [0.1, 0.15) is 5.82 Å². The molecule has 0 fully saturated rings. The average molecular weight is 272 g/mol. The summed E-state index contributed by atoms with van der Waals surface area (Å²) in [6, 6.07) is 2.45. The number of hydrogen-bond acceptors (Lipinski definition) is 3.